The van der Waals surface area contributed by atoms with Crippen LogP contribution in [0.3, 0.4) is 0 Å². The van der Waals surface area contributed by atoms with Crippen LogP contribution in [0.15, 0.2) is 48.5 Å². The van der Waals surface area contributed by atoms with Crippen molar-refractivity contribution >= 4 is 34.8 Å². The molecule has 0 aliphatic heterocycles. The fraction of sp³-hybridized carbons (Fsp3) is 0. The molecule has 0 fully saturated rings. The van der Waals surface area contributed by atoms with E-state index in [2.05, 4.69) is 15.5 Å². The summed E-state index contributed by atoms with van der Waals surface area (Å²) in [4.78, 5) is 12.2. The molecule has 1 heterocycles. The van der Waals surface area contributed by atoms with E-state index in [9.17, 15) is 9.18 Å². The first-order valence-electron chi connectivity index (χ1n) is 6.61. The van der Waals surface area contributed by atoms with Crippen molar-refractivity contribution in [1.82, 2.24) is 10.2 Å². The highest BCUT2D eigenvalue weighted by atomic mass is 35.5. The molecule has 1 aromatic heterocycles. The van der Waals surface area contributed by atoms with Crippen LogP contribution in [0.1, 0.15) is 10.5 Å². The minimum atomic E-state index is -0.407. The van der Waals surface area contributed by atoms with Gasteiger partial charge in [-0.2, -0.15) is 5.10 Å². The van der Waals surface area contributed by atoms with Crippen molar-refractivity contribution in [2.24, 2.45) is 0 Å². The lowest BCUT2D eigenvalue weighted by Gasteiger charge is -2.06. The molecule has 0 aliphatic rings. The maximum Gasteiger partial charge on any atom is 0.273 e. The van der Waals surface area contributed by atoms with Gasteiger partial charge in [-0.15, -0.1) is 0 Å². The molecule has 2 N–H and O–H groups in total. The highest BCUT2D eigenvalue weighted by molar-refractivity contribution is 6.44. The first-order valence-corrected chi connectivity index (χ1v) is 7.37. The largest absolute Gasteiger partial charge is 0.319 e. The number of anilines is 1. The van der Waals surface area contributed by atoms with E-state index in [1.807, 2.05) is 0 Å². The Morgan fingerprint density at radius 1 is 1.13 bits per heavy atom. The number of nitrogens with zero attached hydrogens (tertiary/aromatic N) is 1. The van der Waals surface area contributed by atoms with E-state index in [0.29, 0.717) is 22.0 Å². The molecule has 4 nitrogen and oxygen atoms in total. The molecule has 0 spiro atoms. The number of hydrogen-bond acceptors (Lipinski definition) is 2. The highest BCUT2D eigenvalue weighted by Crippen LogP contribution is 2.30. The lowest BCUT2D eigenvalue weighted by molar-refractivity contribution is 0.102. The van der Waals surface area contributed by atoms with Gasteiger partial charge in [0.25, 0.3) is 5.91 Å². The number of hydrogen-bond donors (Lipinski definition) is 2. The second-order valence-corrected chi connectivity index (χ2v) is 5.51. The number of H-pyrrole nitrogens is 1. The maximum absolute atomic E-state index is 12.9. The Balaban J connectivity index is 1.81. The van der Waals surface area contributed by atoms with Gasteiger partial charge in [0, 0.05) is 5.56 Å². The normalized spacial score (nSPS) is 10.6. The molecule has 116 valence electrons. The summed E-state index contributed by atoms with van der Waals surface area (Å²) < 4.78 is 12.9. The number of halogens is 3. The lowest BCUT2D eigenvalue weighted by Crippen LogP contribution is -2.12. The minimum absolute atomic E-state index is 0.250. The molecule has 0 saturated heterocycles. The highest BCUT2D eigenvalue weighted by Gasteiger charge is 2.13. The molecule has 0 atom stereocenters. The Hall–Kier alpha value is -2.37. The summed E-state index contributed by atoms with van der Waals surface area (Å²) in [6.07, 6.45) is 0. The number of aromatic amines is 1. The number of amides is 1. The van der Waals surface area contributed by atoms with E-state index in [4.69, 9.17) is 23.2 Å². The van der Waals surface area contributed by atoms with Crippen LogP contribution in [0.25, 0.3) is 11.3 Å². The van der Waals surface area contributed by atoms with Crippen molar-refractivity contribution < 1.29 is 9.18 Å². The molecular weight excluding hydrogens is 340 g/mol. The fourth-order valence-electron chi connectivity index (χ4n) is 2.00. The average Bonchev–Trinajstić information content (AvgIpc) is 3.02. The van der Waals surface area contributed by atoms with Crippen LogP contribution in [0, 0.1) is 5.82 Å². The molecule has 23 heavy (non-hydrogen) atoms. The zero-order valence-electron chi connectivity index (χ0n) is 11.6. The van der Waals surface area contributed by atoms with E-state index >= 15 is 0 Å². The Bertz CT molecular complexity index is 862. The van der Waals surface area contributed by atoms with E-state index in [1.54, 1.807) is 36.4 Å². The predicted molar refractivity (Wildman–Crippen MR) is 88.4 cm³/mol. The van der Waals surface area contributed by atoms with Gasteiger partial charge >= 0.3 is 0 Å². The number of carbonyl (C=O) groups is 1. The van der Waals surface area contributed by atoms with Crippen LogP contribution in [0.2, 0.25) is 10.0 Å². The summed E-state index contributed by atoms with van der Waals surface area (Å²) in [7, 11) is 0. The summed E-state index contributed by atoms with van der Waals surface area (Å²) in [5, 5.41) is 9.96. The third kappa shape index (κ3) is 3.36. The van der Waals surface area contributed by atoms with Gasteiger partial charge in [0.1, 0.15) is 11.5 Å². The Morgan fingerprint density at radius 2 is 1.87 bits per heavy atom. The zero-order valence-corrected chi connectivity index (χ0v) is 13.1. The maximum atomic E-state index is 12.9. The molecule has 0 unspecified atom stereocenters. The van der Waals surface area contributed by atoms with E-state index in [0.717, 1.165) is 0 Å². The number of nitrogens with one attached hydrogen (secondary N) is 2. The third-order valence-electron chi connectivity index (χ3n) is 3.16. The summed E-state index contributed by atoms with van der Waals surface area (Å²) >= 11 is 11.9. The van der Waals surface area contributed by atoms with E-state index in [-0.39, 0.29) is 16.5 Å². The fourth-order valence-corrected chi connectivity index (χ4v) is 2.34. The zero-order chi connectivity index (χ0) is 16.4. The minimum Gasteiger partial charge on any atom is -0.319 e. The van der Waals surface area contributed by atoms with Gasteiger partial charge < -0.3 is 5.32 Å². The molecule has 0 aliphatic carbocycles. The molecular formula is C16H10Cl2FN3O. The van der Waals surface area contributed by atoms with Crippen LogP contribution >= 0.6 is 23.2 Å². The lowest BCUT2D eigenvalue weighted by atomic mass is 10.1. The van der Waals surface area contributed by atoms with Crippen LogP contribution in [0.4, 0.5) is 10.1 Å². The van der Waals surface area contributed by atoms with Crippen LogP contribution < -0.4 is 5.32 Å². The Morgan fingerprint density at radius 3 is 2.61 bits per heavy atom. The molecule has 0 radical (unpaired) electrons. The monoisotopic (exact) mass is 349 g/mol. The second-order valence-electron chi connectivity index (χ2n) is 4.73. The number of aromatic nitrogens is 2. The molecule has 1 amide bonds. The predicted octanol–water partition coefficient (Wildman–Crippen LogP) is 4.77. The number of benzene rings is 2. The molecule has 0 saturated carbocycles. The summed E-state index contributed by atoms with van der Waals surface area (Å²) in [6, 6.07) is 12.3. The van der Waals surface area contributed by atoms with Crippen LogP contribution in [-0.2, 0) is 0 Å². The Kier molecular flexibility index (Phi) is 4.32. The SMILES string of the molecule is O=C(Nc1cccc(Cl)c1Cl)c1cc(-c2ccc(F)cc2)n[nH]1. The van der Waals surface area contributed by atoms with Crippen molar-refractivity contribution in [2.45, 2.75) is 0 Å². The summed E-state index contributed by atoms with van der Waals surface area (Å²) in [6.45, 7) is 0. The molecule has 7 heteroatoms. The molecule has 2 aromatic carbocycles. The molecule has 3 rings (SSSR count). The van der Waals surface area contributed by atoms with Crippen molar-refractivity contribution in [3.8, 4) is 11.3 Å². The Labute approximate surface area is 141 Å². The van der Waals surface area contributed by atoms with Crippen molar-refractivity contribution in [1.29, 1.82) is 0 Å². The summed E-state index contributed by atoms with van der Waals surface area (Å²) in [5.74, 6) is -0.743. The van der Waals surface area contributed by atoms with Gasteiger partial charge in [0.2, 0.25) is 0 Å². The molecule has 3 aromatic rings. The van der Waals surface area contributed by atoms with E-state index in [1.165, 1.54) is 12.1 Å². The van der Waals surface area contributed by atoms with Gasteiger partial charge in [-0.05, 0) is 42.5 Å². The summed E-state index contributed by atoms with van der Waals surface area (Å²) in [5.41, 5.74) is 1.89. The van der Waals surface area contributed by atoms with Crippen molar-refractivity contribution in [2.75, 3.05) is 5.32 Å². The van der Waals surface area contributed by atoms with Gasteiger partial charge in [-0.1, -0.05) is 29.3 Å². The quantitative estimate of drug-likeness (QED) is 0.715. The van der Waals surface area contributed by atoms with Gasteiger partial charge in [0.05, 0.1) is 21.4 Å². The standard InChI is InChI=1S/C16H10Cl2FN3O/c17-11-2-1-3-12(15(11)18)20-16(23)14-8-13(21-22-14)9-4-6-10(19)7-5-9/h1-8H,(H,20,23)(H,21,22). The smallest absolute Gasteiger partial charge is 0.273 e. The van der Waals surface area contributed by atoms with Crippen LogP contribution in [-0.4, -0.2) is 16.1 Å². The van der Waals surface area contributed by atoms with Crippen molar-refractivity contribution in [3.63, 3.8) is 0 Å². The first-order chi connectivity index (χ1) is 11.0. The number of carbonyl (C=O) groups excluding carboxylic acids is 1. The first kappa shape index (κ1) is 15.5. The third-order valence-corrected chi connectivity index (χ3v) is 3.98. The van der Waals surface area contributed by atoms with Crippen molar-refractivity contribution in [3.05, 3.63) is 70.1 Å². The molecule has 0 bridgehead atoms. The van der Waals surface area contributed by atoms with Gasteiger partial charge in [-0.3, -0.25) is 9.89 Å². The van der Waals surface area contributed by atoms with Gasteiger partial charge in [-0.25, -0.2) is 4.39 Å². The van der Waals surface area contributed by atoms with E-state index < -0.39 is 5.91 Å². The average molecular weight is 350 g/mol. The topological polar surface area (TPSA) is 57.8 Å². The second kappa shape index (κ2) is 6.40. The van der Waals surface area contributed by atoms with Crippen LogP contribution in [0.5, 0.6) is 0 Å². The number of rotatable bonds is 3. The van der Waals surface area contributed by atoms with Gasteiger partial charge in [0.15, 0.2) is 0 Å².